The van der Waals surface area contributed by atoms with Gasteiger partial charge in [-0.15, -0.1) is 0 Å². The fourth-order valence-electron chi connectivity index (χ4n) is 2.15. The van der Waals surface area contributed by atoms with Crippen LogP contribution in [0.1, 0.15) is 50.9 Å². The molecule has 1 heterocycles. The Hall–Kier alpha value is -0.900. The molecule has 0 aromatic carbocycles. The van der Waals surface area contributed by atoms with E-state index in [0.29, 0.717) is 6.04 Å². The molecule has 1 N–H and O–H groups in total. The van der Waals surface area contributed by atoms with Crippen molar-refractivity contribution in [2.24, 2.45) is 0 Å². The molecule has 4 heteroatoms. The number of hydrogen-bond acceptors (Lipinski definition) is 3. The lowest BCUT2D eigenvalue weighted by molar-refractivity contribution is 0.327. The van der Waals surface area contributed by atoms with E-state index in [9.17, 15) is 0 Å². The van der Waals surface area contributed by atoms with Crippen molar-refractivity contribution in [2.45, 2.75) is 51.6 Å². The van der Waals surface area contributed by atoms with E-state index in [0.717, 1.165) is 18.9 Å². The third kappa shape index (κ3) is 2.78. The van der Waals surface area contributed by atoms with Crippen LogP contribution < -0.4 is 5.32 Å². The van der Waals surface area contributed by atoms with Crippen LogP contribution in [0.15, 0.2) is 6.33 Å². The van der Waals surface area contributed by atoms with Gasteiger partial charge in [-0.1, -0.05) is 26.2 Å². The standard InChI is InChI=1S/C11H20N4/c1-2-12-8-11-13-9-15(14-11)10-6-4-3-5-7-10/h9-10,12H,2-8H2,1H3. The molecule has 2 rings (SSSR count). The van der Waals surface area contributed by atoms with Crippen LogP contribution in [-0.2, 0) is 6.54 Å². The number of nitrogens with zero attached hydrogens (tertiary/aromatic N) is 3. The van der Waals surface area contributed by atoms with Crippen LogP contribution in [0, 0.1) is 0 Å². The summed E-state index contributed by atoms with van der Waals surface area (Å²) in [5.74, 6) is 0.919. The van der Waals surface area contributed by atoms with Crippen LogP contribution in [-0.4, -0.2) is 21.3 Å². The molecule has 0 unspecified atom stereocenters. The first kappa shape index (κ1) is 10.6. The largest absolute Gasteiger partial charge is 0.310 e. The zero-order chi connectivity index (χ0) is 10.5. The molecule has 1 aliphatic rings. The smallest absolute Gasteiger partial charge is 0.164 e. The van der Waals surface area contributed by atoms with Gasteiger partial charge in [-0.3, -0.25) is 0 Å². The average molecular weight is 208 g/mol. The van der Waals surface area contributed by atoms with E-state index in [2.05, 4.69) is 27.0 Å². The van der Waals surface area contributed by atoms with Crippen molar-refractivity contribution in [3.8, 4) is 0 Å². The Morgan fingerprint density at radius 2 is 2.20 bits per heavy atom. The van der Waals surface area contributed by atoms with Gasteiger partial charge >= 0.3 is 0 Å². The summed E-state index contributed by atoms with van der Waals surface area (Å²) in [6.07, 6.45) is 8.49. The molecule has 0 saturated heterocycles. The van der Waals surface area contributed by atoms with E-state index in [-0.39, 0.29) is 0 Å². The van der Waals surface area contributed by atoms with E-state index >= 15 is 0 Å². The summed E-state index contributed by atoms with van der Waals surface area (Å²) >= 11 is 0. The lowest BCUT2D eigenvalue weighted by Crippen LogP contribution is -2.15. The van der Waals surface area contributed by atoms with E-state index in [1.165, 1.54) is 32.1 Å². The molecule has 4 nitrogen and oxygen atoms in total. The highest BCUT2D eigenvalue weighted by Gasteiger charge is 2.16. The zero-order valence-electron chi connectivity index (χ0n) is 9.45. The molecule has 84 valence electrons. The molecule has 1 saturated carbocycles. The van der Waals surface area contributed by atoms with E-state index in [1.807, 2.05) is 6.33 Å². The minimum absolute atomic E-state index is 0.599. The van der Waals surface area contributed by atoms with Crippen LogP contribution in [0.3, 0.4) is 0 Å². The third-order valence-electron chi connectivity index (χ3n) is 3.04. The maximum Gasteiger partial charge on any atom is 0.164 e. The minimum Gasteiger partial charge on any atom is -0.310 e. The van der Waals surface area contributed by atoms with Gasteiger partial charge in [-0.2, -0.15) is 5.10 Å². The van der Waals surface area contributed by atoms with Gasteiger partial charge in [0.1, 0.15) is 6.33 Å². The van der Waals surface area contributed by atoms with E-state index < -0.39 is 0 Å². The van der Waals surface area contributed by atoms with Gasteiger partial charge in [0.25, 0.3) is 0 Å². The second-order valence-corrected chi connectivity index (χ2v) is 4.21. The first-order valence-electron chi connectivity index (χ1n) is 6.01. The first-order chi connectivity index (χ1) is 7.40. The summed E-state index contributed by atoms with van der Waals surface area (Å²) in [6, 6.07) is 0.599. The number of aromatic nitrogens is 3. The van der Waals surface area contributed by atoms with Gasteiger partial charge in [-0.25, -0.2) is 9.67 Å². The lowest BCUT2D eigenvalue weighted by atomic mass is 9.96. The highest BCUT2D eigenvalue weighted by molar-refractivity contribution is 4.83. The predicted molar refractivity (Wildman–Crippen MR) is 59.5 cm³/mol. The molecule has 0 aliphatic heterocycles. The Labute approximate surface area is 91.1 Å². The van der Waals surface area contributed by atoms with Crippen LogP contribution in [0.5, 0.6) is 0 Å². The van der Waals surface area contributed by atoms with Crippen molar-refractivity contribution < 1.29 is 0 Å². The highest BCUT2D eigenvalue weighted by atomic mass is 15.3. The highest BCUT2D eigenvalue weighted by Crippen LogP contribution is 2.26. The molecule has 1 aromatic heterocycles. The molecule has 0 spiro atoms. The summed E-state index contributed by atoms with van der Waals surface area (Å²) in [5.41, 5.74) is 0. The SMILES string of the molecule is CCNCc1ncn(C2CCCCC2)n1. The maximum atomic E-state index is 4.51. The van der Waals surface area contributed by atoms with E-state index in [1.54, 1.807) is 0 Å². The lowest BCUT2D eigenvalue weighted by Gasteiger charge is -2.21. The monoisotopic (exact) mass is 208 g/mol. The van der Waals surface area contributed by atoms with Gasteiger partial charge in [0, 0.05) is 0 Å². The topological polar surface area (TPSA) is 42.7 Å². The second-order valence-electron chi connectivity index (χ2n) is 4.21. The molecule has 1 aromatic rings. The van der Waals surface area contributed by atoms with Gasteiger partial charge in [0.05, 0.1) is 12.6 Å². The molecule has 0 atom stereocenters. The number of hydrogen-bond donors (Lipinski definition) is 1. The van der Waals surface area contributed by atoms with Crippen molar-refractivity contribution >= 4 is 0 Å². The number of nitrogens with one attached hydrogen (secondary N) is 1. The molecular formula is C11H20N4. The fourth-order valence-corrected chi connectivity index (χ4v) is 2.15. The van der Waals surface area contributed by atoms with Crippen LogP contribution >= 0.6 is 0 Å². The summed E-state index contributed by atoms with van der Waals surface area (Å²) in [6.45, 7) is 3.85. The number of rotatable bonds is 4. The van der Waals surface area contributed by atoms with Crippen LogP contribution in [0.25, 0.3) is 0 Å². The molecule has 1 fully saturated rings. The van der Waals surface area contributed by atoms with Crippen LogP contribution in [0.4, 0.5) is 0 Å². The van der Waals surface area contributed by atoms with Crippen molar-refractivity contribution in [1.29, 1.82) is 0 Å². The van der Waals surface area contributed by atoms with Crippen molar-refractivity contribution in [3.63, 3.8) is 0 Å². The Morgan fingerprint density at radius 1 is 1.40 bits per heavy atom. The first-order valence-corrected chi connectivity index (χ1v) is 6.01. The van der Waals surface area contributed by atoms with E-state index in [4.69, 9.17) is 0 Å². The molecule has 0 amide bonds. The Bertz CT molecular complexity index is 289. The molecular weight excluding hydrogens is 188 g/mol. The third-order valence-corrected chi connectivity index (χ3v) is 3.04. The zero-order valence-corrected chi connectivity index (χ0v) is 9.45. The van der Waals surface area contributed by atoms with Crippen molar-refractivity contribution in [2.75, 3.05) is 6.54 Å². The Kier molecular flexibility index (Phi) is 3.72. The quantitative estimate of drug-likeness (QED) is 0.821. The Balaban J connectivity index is 1.93. The second kappa shape index (κ2) is 5.26. The van der Waals surface area contributed by atoms with Gasteiger partial charge in [0.15, 0.2) is 5.82 Å². The van der Waals surface area contributed by atoms with Crippen molar-refractivity contribution in [3.05, 3.63) is 12.2 Å². The average Bonchev–Trinajstić information content (AvgIpc) is 2.76. The van der Waals surface area contributed by atoms with Gasteiger partial charge in [0.2, 0.25) is 0 Å². The predicted octanol–water partition coefficient (Wildman–Crippen LogP) is 1.89. The summed E-state index contributed by atoms with van der Waals surface area (Å²) in [4.78, 5) is 4.32. The molecule has 1 aliphatic carbocycles. The summed E-state index contributed by atoms with van der Waals surface area (Å²) < 4.78 is 2.06. The Morgan fingerprint density at radius 3 is 2.93 bits per heavy atom. The fraction of sp³-hybridized carbons (Fsp3) is 0.818. The van der Waals surface area contributed by atoms with Gasteiger partial charge in [-0.05, 0) is 19.4 Å². The molecule has 0 bridgehead atoms. The summed E-state index contributed by atoms with van der Waals surface area (Å²) in [7, 11) is 0. The van der Waals surface area contributed by atoms with Gasteiger partial charge < -0.3 is 5.32 Å². The maximum absolute atomic E-state index is 4.51. The van der Waals surface area contributed by atoms with Crippen LogP contribution in [0.2, 0.25) is 0 Å². The molecule has 0 radical (unpaired) electrons. The van der Waals surface area contributed by atoms with Crippen molar-refractivity contribution in [1.82, 2.24) is 20.1 Å². The summed E-state index contributed by atoms with van der Waals surface area (Å²) in [5, 5.41) is 7.76. The molecule has 15 heavy (non-hydrogen) atoms. The normalized spacial score (nSPS) is 18.2. The minimum atomic E-state index is 0.599.